The zero-order valence-electron chi connectivity index (χ0n) is 4.31. The molecule has 0 aromatic rings. The molecule has 1 unspecified atom stereocenters. The third-order valence-corrected chi connectivity index (χ3v) is 2.34. The average Bonchev–Trinajstić information content (AvgIpc) is 1.87. The Morgan fingerprint density at radius 3 is 2.71 bits per heavy atom. The van der Waals surface area contributed by atoms with Crippen molar-refractivity contribution in [2.45, 2.75) is 19.4 Å². The van der Waals surface area contributed by atoms with E-state index in [4.69, 9.17) is 0 Å². The van der Waals surface area contributed by atoms with Crippen molar-refractivity contribution in [2.75, 3.05) is 5.75 Å². The van der Waals surface area contributed by atoms with Gasteiger partial charge in [0.15, 0.2) is 0 Å². The van der Waals surface area contributed by atoms with Crippen LogP contribution in [-0.4, -0.2) is 16.3 Å². The van der Waals surface area contributed by atoms with Crippen molar-refractivity contribution in [1.29, 1.82) is 0 Å². The Kier molecular flexibility index (Phi) is 1.57. The molecule has 0 spiro atoms. The monoisotopic (exact) mass is 119 g/mol. The van der Waals surface area contributed by atoms with E-state index >= 15 is 0 Å². The zero-order chi connectivity index (χ0) is 5.28. The molecule has 2 nitrogen and oxygen atoms in total. The molecule has 0 amide bonds. The summed E-state index contributed by atoms with van der Waals surface area (Å²) in [6.07, 6.45) is 1.06. The van der Waals surface area contributed by atoms with Crippen LogP contribution in [0.5, 0.6) is 0 Å². The lowest BCUT2D eigenvalue weighted by Crippen LogP contribution is -2.22. The normalized spacial score (nSPS) is 42.0. The highest BCUT2D eigenvalue weighted by molar-refractivity contribution is 7.89. The third kappa shape index (κ3) is 1.33. The van der Waals surface area contributed by atoms with E-state index in [1.54, 1.807) is 0 Å². The van der Waals surface area contributed by atoms with Gasteiger partial charge in [-0.3, -0.25) is 0 Å². The van der Waals surface area contributed by atoms with E-state index in [0.29, 0.717) is 6.04 Å². The Morgan fingerprint density at radius 2 is 2.57 bits per heavy atom. The summed E-state index contributed by atoms with van der Waals surface area (Å²) in [4.78, 5) is 0. The van der Waals surface area contributed by atoms with Crippen LogP contribution in [0.3, 0.4) is 0 Å². The molecule has 0 saturated carbocycles. The van der Waals surface area contributed by atoms with Gasteiger partial charge in [-0.05, 0) is 6.92 Å². The largest absolute Gasteiger partial charge is 0.598 e. The quantitative estimate of drug-likeness (QED) is 0.457. The minimum Gasteiger partial charge on any atom is -0.598 e. The van der Waals surface area contributed by atoms with Gasteiger partial charge in [0.05, 0.1) is 6.04 Å². The van der Waals surface area contributed by atoms with Crippen molar-refractivity contribution in [3.05, 3.63) is 0 Å². The van der Waals surface area contributed by atoms with Crippen LogP contribution in [0.4, 0.5) is 0 Å². The number of nitrogens with one attached hydrogen (secondary N) is 1. The van der Waals surface area contributed by atoms with Gasteiger partial charge in [-0.15, -0.1) is 4.72 Å². The van der Waals surface area contributed by atoms with Gasteiger partial charge in [0.1, 0.15) is 5.75 Å². The molecule has 42 valence electrons. The van der Waals surface area contributed by atoms with Crippen LogP contribution in [0.15, 0.2) is 0 Å². The molecule has 2 atom stereocenters. The van der Waals surface area contributed by atoms with Crippen LogP contribution in [0.1, 0.15) is 13.3 Å². The van der Waals surface area contributed by atoms with Crippen molar-refractivity contribution in [2.24, 2.45) is 0 Å². The summed E-state index contributed by atoms with van der Waals surface area (Å²) in [7, 11) is 0. The first kappa shape index (κ1) is 5.41. The van der Waals surface area contributed by atoms with Crippen LogP contribution in [-0.2, 0) is 11.4 Å². The molecule has 0 bridgehead atoms. The predicted molar refractivity (Wildman–Crippen MR) is 30.2 cm³/mol. The minimum atomic E-state index is -0.703. The molecular formula is C4H9NOS. The average molecular weight is 119 g/mol. The van der Waals surface area contributed by atoms with Crippen molar-refractivity contribution >= 4 is 11.4 Å². The lowest BCUT2D eigenvalue weighted by Gasteiger charge is -1.99. The van der Waals surface area contributed by atoms with Crippen LogP contribution in [0, 0.1) is 0 Å². The van der Waals surface area contributed by atoms with E-state index < -0.39 is 11.4 Å². The lowest BCUT2D eigenvalue weighted by molar-refractivity contribution is 0.586. The second kappa shape index (κ2) is 2.03. The van der Waals surface area contributed by atoms with Crippen LogP contribution in [0.2, 0.25) is 0 Å². The van der Waals surface area contributed by atoms with Gasteiger partial charge < -0.3 is 4.55 Å². The van der Waals surface area contributed by atoms with E-state index in [1.165, 1.54) is 0 Å². The van der Waals surface area contributed by atoms with E-state index in [2.05, 4.69) is 4.72 Å². The Labute approximate surface area is 46.6 Å². The summed E-state index contributed by atoms with van der Waals surface area (Å²) >= 11 is -0.703. The lowest BCUT2D eigenvalue weighted by atomic mass is 10.3. The van der Waals surface area contributed by atoms with Gasteiger partial charge in [0.25, 0.3) is 0 Å². The van der Waals surface area contributed by atoms with Crippen LogP contribution >= 0.6 is 0 Å². The Hall–Kier alpha value is 0.270. The molecule has 7 heavy (non-hydrogen) atoms. The molecule has 1 aliphatic heterocycles. The second-order valence-electron chi connectivity index (χ2n) is 1.86. The fraction of sp³-hybridized carbons (Fsp3) is 1.00. The summed E-state index contributed by atoms with van der Waals surface area (Å²) < 4.78 is 13.3. The first-order valence-electron chi connectivity index (χ1n) is 2.43. The fourth-order valence-corrected chi connectivity index (χ4v) is 1.88. The molecule has 1 saturated heterocycles. The number of rotatable bonds is 0. The van der Waals surface area contributed by atoms with Crippen LogP contribution < -0.4 is 4.72 Å². The Morgan fingerprint density at radius 1 is 1.86 bits per heavy atom. The van der Waals surface area contributed by atoms with Gasteiger partial charge in [0.2, 0.25) is 0 Å². The van der Waals surface area contributed by atoms with Crippen molar-refractivity contribution < 1.29 is 4.55 Å². The first-order valence-corrected chi connectivity index (χ1v) is 3.75. The summed E-state index contributed by atoms with van der Waals surface area (Å²) in [6, 6.07) is 0.473. The van der Waals surface area contributed by atoms with E-state index in [1.807, 2.05) is 6.92 Å². The highest BCUT2D eigenvalue weighted by atomic mass is 32.2. The minimum absolute atomic E-state index is 0.473. The van der Waals surface area contributed by atoms with Crippen molar-refractivity contribution in [3.63, 3.8) is 0 Å². The molecule has 1 rings (SSSR count). The highest BCUT2D eigenvalue weighted by Gasteiger charge is 2.20. The van der Waals surface area contributed by atoms with E-state index in [0.717, 1.165) is 12.2 Å². The summed E-state index contributed by atoms with van der Waals surface area (Å²) in [5.74, 6) is 0.834. The SMILES string of the molecule is C[C@@H]1CC[S+]([O-])N1. The van der Waals surface area contributed by atoms with E-state index in [9.17, 15) is 4.55 Å². The Balaban J connectivity index is 2.26. The highest BCUT2D eigenvalue weighted by Crippen LogP contribution is 2.04. The number of hydrogen-bond donors (Lipinski definition) is 1. The fourth-order valence-electron chi connectivity index (χ4n) is 0.626. The molecule has 3 heteroatoms. The van der Waals surface area contributed by atoms with Crippen molar-refractivity contribution in [1.82, 2.24) is 4.72 Å². The smallest absolute Gasteiger partial charge is 0.127 e. The molecular weight excluding hydrogens is 110 g/mol. The zero-order valence-corrected chi connectivity index (χ0v) is 5.12. The van der Waals surface area contributed by atoms with Gasteiger partial charge in [-0.25, -0.2) is 0 Å². The topological polar surface area (TPSA) is 35.1 Å². The molecule has 1 fully saturated rings. The molecule has 0 aliphatic carbocycles. The predicted octanol–water partition coefficient (Wildman–Crippen LogP) is 0.0319. The molecule has 1 heterocycles. The summed E-state index contributed by atoms with van der Waals surface area (Å²) in [5.41, 5.74) is 0. The standard InChI is InChI=1S/C4H9NOS/c1-4-2-3-7(6)5-4/h4-5H,2-3H2,1H3/t4-,7?/m1/s1. The molecule has 0 aromatic carbocycles. The summed E-state index contributed by atoms with van der Waals surface area (Å²) in [5, 5.41) is 0. The van der Waals surface area contributed by atoms with Gasteiger partial charge in [-0.1, -0.05) is 0 Å². The first-order chi connectivity index (χ1) is 3.29. The third-order valence-electron chi connectivity index (χ3n) is 1.07. The molecule has 1 aliphatic rings. The van der Waals surface area contributed by atoms with E-state index in [-0.39, 0.29) is 0 Å². The molecule has 1 N–H and O–H groups in total. The van der Waals surface area contributed by atoms with Gasteiger partial charge in [-0.2, -0.15) is 0 Å². The maximum atomic E-state index is 10.5. The summed E-state index contributed by atoms with van der Waals surface area (Å²) in [6.45, 7) is 2.05. The number of hydrogen-bond acceptors (Lipinski definition) is 2. The van der Waals surface area contributed by atoms with Crippen molar-refractivity contribution in [3.8, 4) is 0 Å². The Bertz CT molecular complexity index is 60.7. The second-order valence-corrected chi connectivity index (χ2v) is 3.19. The maximum absolute atomic E-state index is 10.5. The molecule has 0 aromatic heterocycles. The molecule has 0 radical (unpaired) electrons. The van der Waals surface area contributed by atoms with Gasteiger partial charge >= 0.3 is 0 Å². The maximum Gasteiger partial charge on any atom is 0.127 e. The van der Waals surface area contributed by atoms with Gasteiger partial charge in [0, 0.05) is 17.8 Å². The van der Waals surface area contributed by atoms with Crippen LogP contribution in [0.25, 0.3) is 0 Å².